The van der Waals surface area contributed by atoms with Crippen LogP contribution in [0.25, 0.3) is 65.7 Å². The maximum atomic E-state index is 6.97. The Kier molecular flexibility index (Phi) is 7.85. The summed E-state index contributed by atoms with van der Waals surface area (Å²) in [7, 11) is 0. The van der Waals surface area contributed by atoms with Crippen molar-refractivity contribution < 1.29 is 4.74 Å². The third kappa shape index (κ3) is 5.32. The van der Waals surface area contributed by atoms with Crippen molar-refractivity contribution >= 4 is 49.4 Å². The van der Waals surface area contributed by atoms with Crippen LogP contribution in [-0.2, 0) is 5.41 Å². The molecule has 294 valence electrons. The van der Waals surface area contributed by atoms with E-state index < -0.39 is 5.41 Å². The Balaban J connectivity index is 1.01. The molecule has 11 aromatic carbocycles. The monoisotopic (exact) mass is 801 g/mol. The molecule has 0 unspecified atom stereocenters. The van der Waals surface area contributed by atoms with Gasteiger partial charge in [0.15, 0.2) is 11.5 Å². The first-order valence-electron chi connectivity index (χ1n) is 21.7. The van der Waals surface area contributed by atoms with Crippen molar-refractivity contribution in [1.82, 2.24) is 0 Å². The Hall–Kier alpha value is -8.20. The molecule has 0 saturated carbocycles. The van der Waals surface area contributed by atoms with Gasteiger partial charge in [0.2, 0.25) is 0 Å². The van der Waals surface area contributed by atoms with Crippen molar-refractivity contribution in [1.29, 1.82) is 0 Å². The topological polar surface area (TPSA) is 12.5 Å². The van der Waals surface area contributed by atoms with E-state index in [0.717, 1.165) is 50.5 Å². The summed E-state index contributed by atoms with van der Waals surface area (Å²) < 4.78 is 6.97. The lowest BCUT2D eigenvalue weighted by Crippen LogP contribution is -2.28. The fourth-order valence-electron chi connectivity index (χ4n) is 10.7. The summed E-state index contributed by atoms with van der Waals surface area (Å²) in [6.07, 6.45) is 0. The molecule has 0 radical (unpaired) electrons. The molecule has 13 rings (SSSR count). The molecule has 1 aliphatic carbocycles. The highest BCUT2D eigenvalue weighted by Crippen LogP contribution is 2.58. The molecule has 2 nitrogen and oxygen atoms in total. The lowest BCUT2D eigenvalue weighted by molar-refractivity contribution is 0.482. The van der Waals surface area contributed by atoms with Crippen LogP contribution in [0.3, 0.4) is 0 Å². The first-order valence-corrected chi connectivity index (χ1v) is 21.7. The van der Waals surface area contributed by atoms with Crippen LogP contribution in [0.1, 0.15) is 22.3 Å². The molecule has 0 N–H and O–H groups in total. The van der Waals surface area contributed by atoms with Crippen LogP contribution in [0, 0.1) is 0 Å². The number of ether oxygens (including phenoxy) is 1. The van der Waals surface area contributed by atoms with Crippen molar-refractivity contribution in [2.24, 2.45) is 0 Å². The first-order chi connectivity index (χ1) is 31.2. The van der Waals surface area contributed by atoms with E-state index >= 15 is 0 Å². The number of hydrogen-bond acceptors (Lipinski definition) is 2. The minimum atomic E-state index is -0.444. The summed E-state index contributed by atoms with van der Waals surface area (Å²) in [5, 5.41) is 7.18. The molecule has 1 heterocycles. The van der Waals surface area contributed by atoms with Crippen molar-refractivity contribution in [3.05, 3.63) is 259 Å². The van der Waals surface area contributed by atoms with Crippen LogP contribution < -0.4 is 9.64 Å². The van der Waals surface area contributed by atoms with Gasteiger partial charge in [0.1, 0.15) is 0 Å². The number of benzene rings is 11. The molecule has 0 aromatic heterocycles. The van der Waals surface area contributed by atoms with Gasteiger partial charge in [-0.1, -0.05) is 194 Å². The zero-order valence-corrected chi connectivity index (χ0v) is 34.4. The number of nitrogens with zero attached hydrogens (tertiary/aromatic N) is 1. The summed E-state index contributed by atoms with van der Waals surface area (Å²) in [6, 6.07) is 86.5. The van der Waals surface area contributed by atoms with Crippen LogP contribution in [-0.4, -0.2) is 0 Å². The van der Waals surface area contributed by atoms with E-state index in [-0.39, 0.29) is 0 Å². The molecule has 2 heteroatoms. The predicted octanol–water partition coefficient (Wildman–Crippen LogP) is 16.4. The van der Waals surface area contributed by atoms with E-state index in [0.29, 0.717) is 0 Å². The third-order valence-corrected chi connectivity index (χ3v) is 13.5. The van der Waals surface area contributed by atoms with Gasteiger partial charge in [-0.3, -0.25) is 0 Å². The Bertz CT molecular complexity index is 3520. The predicted molar refractivity (Wildman–Crippen MR) is 262 cm³/mol. The van der Waals surface area contributed by atoms with Crippen LogP contribution in [0.5, 0.6) is 11.5 Å². The van der Waals surface area contributed by atoms with Crippen molar-refractivity contribution in [2.45, 2.75) is 5.41 Å². The molecule has 2 aliphatic rings. The highest BCUT2D eigenvalue weighted by molar-refractivity contribution is 6.13. The smallest absolute Gasteiger partial charge is 0.159 e. The maximum absolute atomic E-state index is 6.97. The van der Waals surface area contributed by atoms with Gasteiger partial charge < -0.3 is 9.64 Å². The molecule has 0 amide bonds. The maximum Gasteiger partial charge on any atom is 0.159 e. The Morgan fingerprint density at radius 1 is 0.349 bits per heavy atom. The fourth-order valence-corrected chi connectivity index (χ4v) is 10.7. The molecule has 63 heavy (non-hydrogen) atoms. The van der Waals surface area contributed by atoms with Crippen molar-refractivity contribution in [3.8, 4) is 44.9 Å². The fraction of sp³-hybridized carbons (Fsp3) is 0.0164. The molecule has 0 bridgehead atoms. The van der Waals surface area contributed by atoms with Gasteiger partial charge in [0, 0.05) is 11.1 Å². The number of fused-ring (bicyclic) bond motifs is 9. The molecule has 0 fully saturated rings. The minimum absolute atomic E-state index is 0.444. The normalized spacial score (nSPS) is 13.3. The Labute approximate surface area is 366 Å². The van der Waals surface area contributed by atoms with Crippen LogP contribution in [0.4, 0.5) is 17.1 Å². The van der Waals surface area contributed by atoms with Gasteiger partial charge in [0.05, 0.1) is 16.8 Å². The lowest BCUT2D eigenvalue weighted by Gasteiger charge is -2.34. The molecule has 0 saturated heterocycles. The van der Waals surface area contributed by atoms with Crippen molar-refractivity contribution in [3.63, 3.8) is 0 Å². The Morgan fingerprint density at radius 3 is 1.70 bits per heavy atom. The van der Waals surface area contributed by atoms with E-state index in [1.807, 2.05) is 0 Å². The number of anilines is 3. The number of hydrogen-bond donors (Lipinski definition) is 0. The zero-order chi connectivity index (χ0) is 41.5. The summed E-state index contributed by atoms with van der Waals surface area (Å²) in [5.74, 6) is 1.68. The first kappa shape index (κ1) is 35.5. The van der Waals surface area contributed by atoms with Gasteiger partial charge in [-0.15, -0.1) is 0 Å². The molecule has 1 aliphatic heterocycles. The summed E-state index contributed by atoms with van der Waals surface area (Å²) in [6.45, 7) is 0. The second-order valence-corrected chi connectivity index (χ2v) is 16.8. The molecule has 11 aromatic rings. The second-order valence-electron chi connectivity index (χ2n) is 16.8. The van der Waals surface area contributed by atoms with Gasteiger partial charge in [-0.05, 0) is 125 Å². The Morgan fingerprint density at radius 2 is 0.952 bits per heavy atom. The van der Waals surface area contributed by atoms with E-state index in [9.17, 15) is 0 Å². The van der Waals surface area contributed by atoms with Crippen LogP contribution in [0.2, 0.25) is 0 Å². The van der Waals surface area contributed by atoms with Crippen LogP contribution in [0.15, 0.2) is 237 Å². The molecule has 0 spiro atoms. The standard InChI is InChI=1S/C61H39NO/c1-3-20-46(21-4-1)61(47-22-5-2-6-23-47)54-29-14-13-28-52(54)53-38-41(30-33-55(53)61)42-32-35-58-57(39-42)62(56-34-31-40-16-7-12-27-51(40)60(56)63-58)48-24-15-19-45(37-48)59-49-25-10-8-17-43(49)36-44-18-9-11-26-50(44)59/h1-39H. The van der Waals surface area contributed by atoms with Gasteiger partial charge >= 0.3 is 0 Å². The SMILES string of the molecule is c1ccc(C2(c3ccccc3)c3ccccc3-c3cc(-c4ccc5c(c4)N(c4cccc(-c6c7ccccc7cc7ccccc67)c4)c4ccc6ccccc6c4O5)ccc32)cc1. The lowest BCUT2D eigenvalue weighted by atomic mass is 9.67. The highest BCUT2D eigenvalue weighted by Gasteiger charge is 2.46. The second kappa shape index (κ2) is 13.9. The minimum Gasteiger partial charge on any atom is -0.452 e. The van der Waals surface area contributed by atoms with E-state index in [2.05, 4.69) is 241 Å². The van der Waals surface area contributed by atoms with Gasteiger partial charge in [0.25, 0.3) is 0 Å². The van der Waals surface area contributed by atoms with E-state index in [1.54, 1.807) is 0 Å². The van der Waals surface area contributed by atoms with E-state index in [1.165, 1.54) is 66.1 Å². The molecular formula is C61H39NO. The zero-order valence-electron chi connectivity index (χ0n) is 34.4. The summed E-state index contributed by atoms with van der Waals surface area (Å²) >= 11 is 0. The van der Waals surface area contributed by atoms with Crippen LogP contribution >= 0.6 is 0 Å². The largest absolute Gasteiger partial charge is 0.452 e. The highest BCUT2D eigenvalue weighted by atomic mass is 16.5. The van der Waals surface area contributed by atoms with E-state index in [4.69, 9.17) is 4.74 Å². The van der Waals surface area contributed by atoms with Gasteiger partial charge in [-0.2, -0.15) is 0 Å². The quantitative estimate of drug-likeness (QED) is 0.161. The summed E-state index contributed by atoms with van der Waals surface area (Å²) in [4.78, 5) is 2.40. The molecular weight excluding hydrogens is 763 g/mol. The number of rotatable bonds is 5. The third-order valence-electron chi connectivity index (χ3n) is 13.5. The average Bonchev–Trinajstić information content (AvgIpc) is 3.65. The molecule has 0 atom stereocenters. The van der Waals surface area contributed by atoms with Crippen molar-refractivity contribution in [2.75, 3.05) is 4.90 Å². The summed E-state index contributed by atoms with van der Waals surface area (Å²) in [5.41, 5.74) is 15.0. The average molecular weight is 802 g/mol. The van der Waals surface area contributed by atoms with Gasteiger partial charge in [-0.25, -0.2) is 0 Å².